The number of aromatic nitrogens is 1. The lowest BCUT2D eigenvalue weighted by atomic mass is 10.0. The fourth-order valence-electron chi connectivity index (χ4n) is 4.46. The van der Waals surface area contributed by atoms with Gasteiger partial charge >= 0.3 is 5.97 Å². The molecule has 4 rings (SSSR count). The number of hydrogen-bond acceptors (Lipinski definition) is 5. The maximum absolute atomic E-state index is 13.3. The molecule has 2 amide bonds. The van der Waals surface area contributed by atoms with Gasteiger partial charge in [0.05, 0.1) is 6.04 Å². The predicted octanol–water partition coefficient (Wildman–Crippen LogP) is 1.55. The van der Waals surface area contributed by atoms with Crippen LogP contribution in [0.4, 0.5) is 0 Å². The van der Waals surface area contributed by atoms with Gasteiger partial charge in [-0.15, -0.1) is 0 Å². The minimum atomic E-state index is -1.06. The minimum absolute atomic E-state index is 0.0851. The molecule has 6 N–H and O–H groups in total. The fraction of sp³-hybridized carbons (Fsp3) is 0.320. The van der Waals surface area contributed by atoms with Crippen molar-refractivity contribution >= 4 is 28.7 Å². The summed E-state index contributed by atoms with van der Waals surface area (Å²) < 4.78 is 0. The lowest BCUT2D eigenvalue weighted by molar-refractivity contribution is -0.149. The average molecular weight is 465 g/mol. The number of rotatable bonds is 8. The van der Waals surface area contributed by atoms with Gasteiger partial charge < -0.3 is 31.1 Å². The summed E-state index contributed by atoms with van der Waals surface area (Å²) in [5, 5.41) is 22.8. The van der Waals surface area contributed by atoms with E-state index >= 15 is 0 Å². The number of H-pyrrole nitrogens is 1. The molecule has 0 bridgehead atoms. The van der Waals surface area contributed by atoms with Crippen LogP contribution in [0.2, 0.25) is 0 Å². The first-order valence-corrected chi connectivity index (χ1v) is 11.3. The van der Waals surface area contributed by atoms with E-state index in [0.29, 0.717) is 24.9 Å². The van der Waals surface area contributed by atoms with Gasteiger partial charge in [-0.3, -0.25) is 9.59 Å². The number of amides is 2. The van der Waals surface area contributed by atoms with Gasteiger partial charge in [-0.2, -0.15) is 0 Å². The summed E-state index contributed by atoms with van der Waals surface area (Å²) in [6, 6.07) is 11.2. The van der Waals surface area contributed by atoms with Gasteiger partial charge in [0.1, 0.15) is 17.8 Å². The number of carbonyl (C=O) groups is 3. The standard InChI is InChI=1S/C25H28N4O5/c26-19(13-16-14-27-20-5-2-1-4-18(16)20)23(31)28-21(12-15-7-9-17(30)10-8-15)24(32)29-11-3-6-22(29)25(33)34/h1-2,4-5,7-10,14,19,21-22,27,30H,3,6,11-13,26H2,(H,28,31)(H,33,34). The molecule has 3 atom stereocenters. The third-order valence-electron chi connectivity index (χ3n) is 6.26. The SMILES string of the molecule is NC(Cc1c[nH]c2ccccc12)C(=O)NC(Cc1ccc(O)cc1)C(=O)N1CCCC1C(=O)O. The summed E-state index contributed by atoms with van der Waals surface area (Å²) in [4.78, 5) is 42.4. The molecule has 9 heteroatoms. The first-order valence-electron chi connectivity index (χ1n) is 11.3. The molecule has 178 valence electrons. The largest absolute Gasteiger partial charge is 0.508 e. The van der Waals surface area contributed by atoms with Crippen molar-refractivity contribution in [1.29, 1.82) is 0 Å². The number of fused-ring (bicyclic) bond motifs is 1. The van der Waals surface area contributed by atoms with Crippen molar-refractivity contribution in [3.63, 3.8) is 0 Å². The summed E-state index contributed by atoms with van der Waals surface area (Å²) in [7, 11) is 0. The molecule has 0 saturated carbocycles. The van der Waals surface area contributed by atoms with Crippen molar-refractivity contribution in [2.45, 2.75) is 43.8 Å². The van der Waals surface area contributed by atoms with Crippen molar-refractivity contribution in [3.8, 4) is 5.75 Å². The lowest BCUT2D eigenvalue weighted by Gasteiger charge is -2.28. The second kappa shape index (κ2) is 9.96. The van der Waals surface area contributed by atoms with Gasteiger partial charge in [0.2, 0.25) is 11.8 Å². The molecule has 0 radical (unpaired) electrons. The van der Waals surface area contributed by atoms with E-state index in [1.54, 1.807) is 12.1 Å². The zero-order valence-electron chi connectivity index (χ0n) is 18.6. The molecular weight excluding hydrogens is 436 g/mol. The normalized spacial score (nSPS) is 17.4. The zero-order valence-corrected chi connectivity index (χ0v) is 18.6. The van der Waals surface area contributed by atoms with E-state index < -0.39 is 35.9 Å². The highest BCUT2D eigenvalue weighted by Crippen LogP contribution is 2.21. The van der Waals surface area contributed by atoms with Crippen LogP contribution in [0.15, 0.2) is 54.7 Å². The molecule has 0 aliphatic carbocycles. The van der Waals surface area contributed by atoms with Crippen molar-refractivity contribution in [1.82, 2.24) is 15.2 Å². The second-order valence-corrected chi connectivity index (χ2v) is 8.63. The van der Waals surface area contributed by atoms with E-state index in [2.05, 4.69) is 10.3 Å². The van der Waals surface area contributed by atoms with Crippen LogP contribution in [0.5, 0.6) is 5.75 Å². The number of phenolic OH excluding ortho intramolecular Hbond substituents is 1. The Morgan fingerprint density at radius 1 is 1.12 bits per heavy atom. The van der Waals surface area contributed by atoms with Crippen LogP contribution in [0.25, 0.3) is 10.9 Å². The molecule has 9 nitrogen and oxygen atoms in total. The van der Waals surface area contributed by atoms with Crippen LogP contribution in [-0.2, 0) is 27.2 Å². The highest BCUT2D eigenvalue weighted by molar-refractivity contribution is 5.93. The van der Waals surface area contributed by atoms with Crippen LogP contribution >= 0.6 is 0 Å². The molecule has 3 unspecified atom stereocenters. The molecule has 34 heavy (non-hydrogen) atoms. The van der Waals surface area contributed by atoms with E-state index in [0.717, 1.165) is 16.5 Å². The highest BCUT2D eigenvalue weighted by Gasteiger charge is 2.38. The first-order chi connectivity index (χ1) is 16.3. The number of carboxylic acid groups (broad SMARTS) is 1. The van der Waals surface area contributed by atoms with Crippen LogP contribution in [0.1, 0.15) is 24.0 Å². The Balaban J connectivity index is 1.51. The summed E-state index contributed by atoms with van der Waals surface area (Å²) in [6.45, 7) is 0.319. The van der Waals surface area contributed by atoms with Crippen LogP contribution in [-0.4, -0.2) is 62.6 Å². The number of para-hydroxylation sites is 1. The smallest absolute Gasteiger partial charge is 0.326 e. The van der Waals surface area contributed by atoms with E-state index in [1.807, 2.05) is 30.5 Å². The van der Waals surface area contributed by atoms with Gasteiger partial charge in [0.25, 0.3) is 0 Å². The lowest BCUT2D eigenvalue weighted by Crippen LogP contribution is -2.55. The maximum atomic E-state index is 13.3. The molecule has 1 aliphatic rings. The molecule has 1 aromatic heterocycles. The Morgan fingerprint density at radius 3 is 2.59 bits per heavy atom. The summed E-state index contributed by atoms with van der Waals surface area (Å²) >= 11 is 0. The van der Waals surface area contributed by atoms with Crippen LogP contribution in [0.3, 0.4) is 0 Å². The number of benzene rings is 2. The molecular formula is C25H28N4O5. The molecule has 1 saturated heterocycles. The third kappa shape index (κ3) is 5.04. The Kier molecular flexibility index (Phi) is 6.83. The Hall–Kier alpha value is -3.85. The molecule has 3 aromatic rings. The molecule has 0 spiro atoms. The van der Waals surface area contributed by atoms with Crippen molar-refractivity contribution in [2.75, 3.05) is 6.54 Å². The highest BCUT2D eigenvalue weighted by atomic mass is 16.4. The zero-order chi connectivity index (χ0) is 24.2. The number of likely N-dealkylation sites (tertiary alicyclic amines) is 1. The number of nitrogens with two attached hydrogens (primary N) is 1. The summed E-state index contributed by atoms with van der Waals surface area (Å²) in [5.74, 6) is -1.92. The Labute approximate surface area is 196 Å². The number of phenols is 1. The summed E-state index contributed by atoms with van der Waals surface area (Å²) in [5.41, 5.74) is 8.77. The van der Waals surface area contributed by atoms with E-state index in [4.69, 9.17) is 5.73 Å². The van der Waals surface area contributed by atoms with Gasteiger partial charge in [-0.25, -0.2) is 4.79 Å². The quantitative estimate of drug-likeness (QED) is 0.341. The van der Waals surface area contributed by atoms with E-state index in [9.17, 15) is 24.6 Å². The van der Waals surface area contributed by atoms with Crippen LogP contribution in [0, 0.1) is 0 Å². The first kappa shape index (κ1) is 23.3. The molecule has 2 aromatic carbocycles. The molecule has 1 aliphatic heterocycles. The van der Waals surface area contributed by atoms with Crippen molar-refractivity contribution in [3.05, 3.63) is 65.9 Å². The number of nitrogens with one attached hydrogen (secondary N) is 2. The number of aromatic amines is 1. The number of nitrogens with zero attached hydrogens (tertiary/aromatic N) is 1. The second-order valence-electron chi connectivity index (χ2n) is 8.63. The van der Waals surface area contributed by atoms with E-state index in [-0.39, 0.29) is 18.6 Å². The fourth-order valence-corrected chi connectivity index (χ4v) is 4.46. The Bertz CT molecular complexity index is 1190. The number of carboxylic acids is 1. The number of aliphatic carboxylic acids is 1. The number of carbonyl (C=O) groups excluding carboxylic acids is 2. The maximum Gasteiger partial charge on any atom is 0.326 e. The van der Waals surface area contributed by atoms with Crippen molar-refractivity contribution in [2.24, 2.45) is 5.73 Å². The number of hydrogen-bond donors (Lipinski definition) is 5. The van der Waals surface area contributed by atoms with E-state index in [1.165, 1.54) is 17.0 Å². The average Bonchev–Trinajstić information content (AvgIpc) is 3.47. The number of aromatic hydroxyl groups is 1. The Morgan fingerprint density at radius 2 is 1.85 bits per heavy atom. The van der Waals surface area contributed by atoms with Gasteiger partial charge in [0.15, 0.2) is 0 Å². The monoisotopic (exact) mass is 464 g/mol. The molecule has 2 heterocycles. The predicted molar refractivity (Wildman–Crippen MR) is 126 cm³/mol. The van der Waals surface area contributed by atoms with Gasteiger partial charge in [-0.05, 0) is 48.6 Å². The summed E-state index contributed by atoms with van der Waals surface area (Å²) in [6.07, 6.45) is 3.20. The van der Waals surface area contributed by atoms with Gasteiger partial charge in [0, 0.05) is 30.1 Å². The molecule has 1 fully saturated rings. The van der Waals surface area contributed by atoms with Gasteiger partial charge in [-0.1, -0.05) is 30.3 Å². The minimum Gasteiger partial charge on any atom is -0.508 e. The third-order valence-corrected chi connectivity index (χ3v) is 6.26. The van der Waals surface area contributed by atoms with Crippen molar-refractivity contribution < 1.29 is 24.6 Å². The van der Waals surface area contributed by atoms with Crippen LogP contribution < -0.4 is 11.1 Å². The topological polar surface area (TPSA) is 149 Å².